The van der Waals surface area contributed by atoms with Crippen LogP contribution < -0.4 is 5.32 Å². The van der Waals surface area contributed by atoms with E-state index in [1.54, 1.807) is 0 Å². The molecule has 3 nitrogen and oxygen atoms in total. The highest BCUT2D eigenvalue weighted by molar-refractivity contribution is 7.85. The highest BCUT2D eigenvalue weighted by atomic mass is 32.2. The molecule has 0 amide bonds. The van der Waals surface area contributed by atoms with Crippen molar-refractivity contribution in [2.24, 2.45) is 5.41 Å². The molecule has 0 spiro atoms. The number of hydrogen-bond acceptors (Lipinski definition) is 3. The van der Waals surface area contributed by atoms with Crippen molar-refractivity contribution in [2.45, 2.75) is 33.6 Å². The third kappa shape index (κ3) is 5.49. The Morgan fingerprint density at radius 2 is 1.94 bits per heavy atom. The summed E-state index contributed by atoms with van der Waals surface area (Å²) < 4.78 is 11.3. The van der Waals surface area contributed by atoms with E-state index in [1.165, 1.54) is 12.8 Å². The third-order valence-corrected chi connectivity index (χ3v) is 4.98. The summed E-state index contributed by atoms with van der Waals surface area (Å²) in [5.74, 6) is 1.73. The maximum Gasteiger partial charge on any atom is 0.0363 e. The van der Waals surface area contributed by atoms with Gasteiger partial charge in [0.2, 0.25) is 0 Å². The number of nitrogens with one attached hydrogen (secondary N) is 1. The van der Waals surface area contributed by atoms with Gasteiger partial charge in [-0.25, -0.2) is 0 Å². The Morgan fingerprint density at radius 3 is 2.47 bits per heavy atom. The van der Waals surface area contributed by atoms with E-state index < -0.39 is 10.8 Å². The number of hydrogen-bond donors (Lipinski definition) is 1. The van der Waals surface area contributed by atoms with Gasteiger partial charge in [0.05, 0.1) is 0 Å². The van der Waals surface area contributed by atoms with Crippen LogP contribution in [-0.2, 0) is 10.8 Å². The molecule has 102 valence electrons. The van der Waals surface area contributed by atoms with E-state index in [-0.39, 0.29) is 0 Å². The summed E-state index contributed by atoms with van der Waals surface area (Å²) >= 11 is 0. The van der Waals surface area contributed by atoms with Crippen molar-refractivity contribution in [1.82, 2.24) is 10.2 Å². The predicted molar refractivity (Wildman–Crippen MR) is 75.9 cm³/mol. The Kier molecular flexibility index (Phi) is 6.67. The minimum Gasteiger partial charge on any atom is -0.316 e. The Labute approximate surface area is 109 Å². The first kappa shape index (κ1) is 15.1. The zero-order valence-electron chi connectivity index (χ0n) is 11.6. The molecule has 0 bridgehead atoms. The van der Waals surface area contributed by atoms with E-state index in [0.29, 0.717) is 5.41 Å². The average molecular weight is 260 g/mol. The SMILES string of the molecule is CCCNCC(C)(CC)CN1CCS(=O)CC1. The molecule has 1 aliphatic rings. The van der Waals surface area contributed by atoms with Gasteiger partial charge in [-0.15, -0.1) is 0 Å². The molecule has 1 aliphatic heterocycles. The van der Waals surface area contributed by atoms with Crippen molar-refractivity contribution < 1.29 is 4.21 Å². The van der Waals surface area contributed by atoms with Crippen LogP contribution in [-0.4, -0.2) is 53.3 Å². The minimum absolute atomic E-state index is 0.355. The zero-order chi connectivity index (χ0) is 12.7. The zero-order valence-corrected chi connectivity index (χ0v) is 12.4. The molecule has 0 saturated carbocycles. The summed E-state index contributed by atoms with van der Waals surface area (Å²) in [6.07, 6.45) is 2.39. The van der Waals surface area contributed by atoms with E-state index in [9.17, 15) is 4.21 Å². The molecule has 0 radical (unpaired) electrons. The van der Waals surface area contributed by atoms with Crippen molar-refractivity contribution in [3.8, 4) is 0 Å². The maximum atomic E-state index is 11.3. The van der Waals surface area contributed by atoms with Crippen molar-refractivity contribution in [2.75, 3.05) is 44.2 Å². The van der Waals surface area contributed by atoms with E-state index in [4.69, 9.17) is 0 Å². The van der Waals surface area contributed by atoms with Crippen LogP contribution in [0.4, 0.5) is 0 Å². The normalized spacial score (nSPS) is 22.5. The van der Waals surface area contributed by atoms with E-state index in [0.717, 1.165) is 44.2 Å². The Balaban J connectivity index is 2.36. The molecule has 1 saturated heterocycles. The molecule has 0 aliphatic carbocycles. The van der Waals surface area contributed by atoms with Crippen LogP contribution in [0.3, 0.4) is 0 Å². The van der Waals surface area contributed by atoms with Gasteiger partial charge in [0, 0.05) is 48.5 Å². The standard InChI is InChI=1S/C13H28N2OS/c1-4-6-14-11-13(3,5-2)12-15-7-9-17(16)10-8-15/h14H,4-12H2,1-3H3. The first-order valence-corrected chi connectivity index (χ1v) is 8.36. The second-order valence-electron chi connectivity index (χ2n) is 5.47. The van der Waals surface area contributed by atoms with E-state index >= 15 is 0 Å². The van der Waals surface area contributed by atoms with Crippen LogP contribution in [0.5, 0.6) is 0 Å². The Bertz CT molecular complexity index is 238. The summed E-state index contributed by atoms with van der Waals surface area (Å²) in [5.41, 5.74) is 0.355. The highest BCUT2D eigenvalue weighted by Crippen LogP contribution is 2.22. The van der Waals surface area contributed by atoms with Gasteiger partial charge in [-0.2, -0.15) is 0 Å². The lowest BCUT2D eigenvalue weighted by molar-refractivity contribution is 0.165. The molecular formula is C13H28N2OS. The van der Waals surface area contributed by atoms with Gasteiger partial charge < -0.3 is 10.2 Å². The largest absolute Gasteiger partial charge is 0.316 e. The van der Waals surface area contributed by atoms with Crippen LogP contribution >= 0.6 is 0 Å². The fraction of sp³-hybridized carbons (Fsp3) is 1.00. The second-order valence-corrected chi connectivity index (χ2v) is 7.16. The van der Waals surface area contributed by atoms with Gasteiger partial charge in [0.15, 0.2) is 0 Å². The summed E-state index contributed by atoms with van der Waals surface area (Å²) in [6.45, 7) is 12.2. The summed E-state index contributed by atoms with van der Waals surface area (Å²) in [5, 5.41) is 3.54. The number of rotatable bonds is 7. The van der Waals surface area contributed by atoms with Crippen LogP contribution in [0.1, 0.15) is 33.6 Å². The quantitative estimate of drug-likeness (QED) is 0.704. The van der Waals surface area contributed by atoms with E-state index in [2.05, 4.69) is 31.0 Å². The highest BCUT2D eigenvalue weighted by Gasteiger charge is 2.26. The lowest BCUT2D eigenvalue weighted by Crippen LogP contribution is -2.46. The molecule has 4 heteroatoms. The molecular weight excluding hydrogens is 232 g/mol. The molecule has 0 aromatic heterocycles. The molecule has 1 heterocycles. The number of nitrogens with zero attached hydrogens (tertiary/aromatic N) is 1. The fourth-order valence-corrected chi connectivity index (χ4v) is 3.36. The van der Waals surface area contributed by atoms with Crippen LogP contribution in [0.2, 0.25) is 0 Å². The topological polar surface area (TPSA) is 32.3 Å². The molecule has 1 N–H and O–H groups in total. The Hall–Kier alpha value is 0.0700. The first-order chi connectivity index (χ1) is 8.09. The van der Waals surface area contributed by atoms with Gasteiger partial charge >= 0.3 is 0 Å². The molecule has 1 rings (SSSR count). The summed E-state index contributed by atoms with van der Waals surface area (Å²) in [4.78, 5) is 2.48. The first-order valence-electron chi connectivity index (χ1n) is 6.87. The molecule has 1 fully saturated rings. The predicted octanol–water partition coefficient (Wildman–Crippen LogP) is 1.47. The van der Waals surface area contributed by atoms with Crippen molar-refractivity contribution in [3.05, 3.63) is 0 Å². The fourth-order valence-electron chi connectivity index (χ4n) is 2.23. The average Bonchev–Trinajstić information content (AvgIpc) is 2.33. The monoisotopic (exact) mass is 260 g/mol. The van der Waals surface area contributed by atoms with Gasteiger partial charge in [-0.3, -0.25) is 4.21 Å². The lowest BCUT2D eigenvalue weighted by atomic mass is 9.86. The van der Waals surface area contributed by atoms with Crippen molar-refractivity contribution >= 4 is 10.8 Å². The summed E-state index contributed by atoms with van der Waals surface area (Å²) in [6, 6.07) is 0. The molecule has 0 aromatic rings. The van der Waals surface area contributed by atoms with Crippen molar-refractivity contribution in [3.63, 3.8) is 0 Å². The summed E-state index contributed by atoms with van der Waals surface area (Å²) in [7, 11) is -0.555. The van der Waals surface area contributed by atoms with Gasteiger partial charge in [0.25, 0.3) is 0 Å². The smallest absolute Gasteiger partial charge is 0.0363 e. The lowest BCUT2D eigenvalue weighted by Gasteiger charge is -2.36. The van der Waals surface area contributed by atoms with Crippen LogP contribution in [0.15, 0.2) is 0 Å². The third-order valence-electron chi connectivity index (χ3n) is 3.71. The molecule has 1 unspecified atom stereocenters. The second kappa shape index (κ2) is 7.49. The molecule has 17 heavy (non-hydrogen) atoms. The van der Waals surface area contributed by atoms with Gasteiger partial charge in [-0.05, 0) is 24.8 Å². The minimum atomic E-state index is -0.555. The van der Waals surface area contributed by atoms with E-state index in [1.807, 2.05) is 0 Å². The van der Waals surface area contributed by atoms with Gasteiger partial charge in [-0.1, -0.05) is 20.8 Å². The molecule has 1 atom stereocenters. The Morgan fingerprint density at radius 1 is 1.29 bits per heavy atom. The van der Waals surface area contributed by atoms with Crippen LogP contribution in [0.25, 0.3) is 0 Å². The van der Waals surface area contributed by atoms with Crippen LogP contribution in [0, 0.1) is 5.41 Å². The molecule has 0 aromatic carbocycles. The van der Waals surface area contributed by atoms with Crippen molar-refractivity contribution in [1.29, 1.82) is 0 Å². The van der Waals surface area contributed by atoms with Gasteiger partial charge in [0.1, 0.15) is 0 Å². The maximum absolute atomic E-state index is 11.3.